The average Bonchev–Trinajstić information content (AvgIpc) is 2.29. The number of nitrogens with zero attached hydrogens (tertiary/aromatic N) is 3. The Morgan fingerprint density at radius 3 is 2.80 bits per heavy atom. The van der Waals surface area contributed by atoms with E-state index < -0.39 is 0 Å². The lowest BCUT2D eigenvalue weighted by Gasteiger charge is -2.15. The maximum absolute atomic E-state index is 8.55. The van der Waals surface area contributed by atoms with E-state index in [1.165, 1.54) is 6.20 Å². The fourth-order valence-electron chi connectivity index (χ4n) is 1.13. The second-order valence-corrected chi connectivity index (χ2v) is 3.10. The molecule has 0 saturated heterocycles. The van der Waals surface area contributed by atoms with E-state index in [1.54, 1.807) is 13.3 Å². The van der Waals surface area contributed by atoms with Gasteiger partial charge in [-0.05, 0) is 6.42 Å². The molecule has 0 saturated carbocycles. The van der Waals surface area contributed by atoms with Crippen LogP contribution in [-0.4, -0.2) is 29.7 Å². The zero-order valence-corrected chi connectivity index (χ0v) is 8.90. The van der Waals surface area contributed by atoms with Crippen molar-refractivity contribution >= 4 is 5.82 Å². The van der Waals surface area contributed by atoms with Crippen LogP contribution in [0.15, 0.2) is 12.4 Å². The molecule has 15 heavy (non-hydrogen) atoms. The second-order valence-electron chi connectivity index (χ2n) is 3.10. The van der Waals surface area contributed by atoms with Crippen LogP contribution in [0.2, 0.25) is 0 Å². The number of hydrogen-bond acceptors (Lipinski definition) is 5. The predicted octanol–water partition coefficient (Wildman–Crippen LogP) is 1.19. The lowest BCUT2D eigenvalue weighted by molar-refractivity contribution is 0.184. The van der Waals surface area contributed by atoms with Gasteiger partial charge in [-0.3, -0.25) is 0 Å². The summed E-state index contributed by atoms with van der Waals surface area (Å²) in [6.45, 7) is 2.69. The number of methoxy groups -OCH3 is 1. The highest BCUT2D eigenvalue weighted by Gasteiger charge is 2.06. The standard InChI is InChI=1S/C10H14N4O/c1-3-8(7-15-2)14-10-6-12-9(4-11)5-13-10/h5-6,8H,3,7H2,1-2H3,(H,13,14). The maximum Gasteiger partial charge on any atom is 0.158 e. The van der Waals surface area contributed by atoms with E-state index in [1.807, 2.05) is 6.07 Å². The van der Waals surface area contributed by atoms with Crippen molar-refractivity contribution in [2.24, 2.45) is 0 Å². The van der Waals surface area contributed by atoms with Crippen LogP contribution in [0.4, 0.5) is 5.82 Å². The smallest absolute Gasteiger partial charge is 0.158 e. The highest BCUT2D eigenvalue weighted by atomic mass is 16.5. The van der Waals surface area contributed by atoms with E-state index in [9.17, 15) is 0 Å². The van der Waals surface area contributed by atoms with E-state index in [0.29, 0.717) is 18.1 Å². The maximum atomic E-state index is 8.55. The van der Waals surface area contributed by atoms with Gasteiger partial charge in [0.1, 0.15) is 11.9 Å². The quantitative estimate of drug-likeness (QED) is 0.783. The molecule has 1 unspecified atom stereocenters. The summed E-state index contributed by atoms with van der Waals surface area (Å²) in [7, 11) is 1.66. The van der Waals surface area contributed by atoms with Crippen LogP contribution in [0.25, 0.3) is 0 Å². The van der Waals surface area contributed by atoms with Gasteiger partial charge in [-0.2, -0.15) is 5.26 Å². The highest BCUT2D eigenvalue weighted by molar-refractivity contribution is 5.34. The largest absolute Gasteiger partial charge is 0.383 e. The molecule has 1 N–H and O–H groups in total. The summed E-state index contributed by atoms with van der Waals surface area (Å²) in [6, 6.07) is 2.14. The van der Waals surface area contributed by atoms with Crippen LogP contribution in [0, 0.1) is 11.3 Å². The molecule has 0 spiro atoms. The molecular formula is C10H14N4O. The van der Waals surface area contributed by atoms with Crippen LogP contribution in [0.3, 0.4) is 0 Å². The van der Waals surface area contributed by atoms with Crippen molar-refractivity contribution in [1.82, 2.24) is 9.97 Å². The number of nitriles is 1. The fourth-order valence-corrected chi connectivity index (χ4v) is 1.13. The van der Waals surface area contributed by atoms with Crippen LogP contribution in [0.5, 0.6) is 0 Å². The van der Waals surface area contributed by atoms with Gasteiger partial charge < -0.3 is 10.1 Å². The van der Waals surface area contributed by atoms with Gasteiger partial charge in [0, 0.05) is 7.11 Å². The minimum atomic E-state index is 0.220. The first-order chi connectivity index (χ1) is 7.30. The fraction of sp³-hybridized carbons (Fsp3) is 0.500. The molecule has 80 valence electrons. The Morgan fingerprint density at radius 2 is 2.33 bits per heavy atom. The SMILES string of the molecule is CCC(COC)Nc1cnc(C#N)cn1. The first-order valence-electron chi connectivity index (χ1n) is 4.77. The topological polar surface area (TPSA) is 70.8 Å². The summed E-state index contributed by atoms with van der Waals surface area (Å²) in [5, 5.41) is 11.7. The van der Waals surface area contributed by atoms with Crippen molar-refractivity contribution in [3.05, 3.63) is 18.1 Å². The van der Waals surface area contributed by atoms with Gasteiger partial charge in [0.25, 0.3) is 0 Å². The molecule has 5 nitrogen and oxygen atoms in total. The van der Waals surface area contributed by atoms with Gasteiger partial charge in [-0.1, -0.05) is 6.92 Å². The average molecular weight is 206 g/mol. The van der Waals surface area contributed by atoms with E-state index in [-0.39, 0.29) is 6.04 Å². The monoisotopic (exact) mass is 206 g/mol. The van der Waals surface area contributed by atoms with Gasteiger partial charge in [-0.25, -0.2) is 9.97 Å². The predicted molar refractivity (Wildman–Crippen MR) is 56.3 cm³/mol. The van der Waals surface area contributed by atoms with Gasteiger partial charge in [0.05, 0.1) is 25.0 Å². The molecule has 5 heteroatoms. The van der Waals surface area contributed by atoms with Gasteiger partial charge in [-0.15, -0.1) is 0 Å². The molecule has 1 heterocycles. The molecule has 0 bridgehead atoms. The minimum absolute atomic E-state index is 0.220. The van der Waals surface area contributed by atoms with E-state index in [4.69, 9.17) is 10.00 Å². The van der Waals surface area contributed by atoms with Crippen LogP contribution in [0.1, 0.15) is 19.0 Å². The normalized spacial score (nSPS) is 11.8. The number of ether oxygens (including phenoxy) is 1. The minimum Gasteiger partial charge on any atom is -0.383 e. The van der Waals surface area contributed by atoms with Gasteiger partial charge >= 0.3 is 0 Å². The second kappa shape index (κ2) is 5.94. The Labute approximate surface area is 89.1 Å². The Balaban J connectivity index is 2.59. The van der Waals surface area contributed by atoms with Crippen molar-refractivity contribution in [2.45, 2.75) is 19.4 Å². The van der Waals surface area contributed by atoms with E-state index >= 15 is 0 Å². The summed E-state index contributed by atoms with van der Waals surface area (Å²) in [5.41, 5.74) is 0.320. The molecule has 0 aromatic carbocycles. The van der Waals surface area contributed by atoms with Gasteiger partial charge in [0.15, 0.2) is 5.69 Å². The molecule has 0 amide bonds. The third-order valence-electron chi connectivity index (χ3n) is 1.98. The molecule has 0 aliphatic rings. The van der Waals surface area contributed by atoms with E-state index in [0.717, 1.165) is 6.42 Å². The molecule has 0 fully saturated rings. The molecule has 1 atom stereocenters. The lowest BCUT2D eigenvalue weighted by atomic mass is 10.2. The first-order valence-corrected chi connectivity index (χ1v) is 4.77. The van der Waals surface area contributed by atoms with Crippen molar-refractivity contribution in [1.29, 1.82) is 5.26 Å². The Morgan fingerprint density at radius 1 is 1.53 bits per heavy atom. The van der Waals surface area contributed by atoms with Gasteiger partial charge in [0.2, 0.25) is 0 Å². The van der Waals surface area contributed by atoms with Crippen molar-refractivity contribution in [3.63, 3.8) is 0 Å². The molecule has 1 aromatic heterocycles. The molecule has 0 aliphatic heterocycles. The van der Waals surface area contributed by atoms with Crippen molar-refractivity contribution in [2.75, 3.05) is 19.0 Å². The first kappa shape index (κ1) is 11.4. The van der Waals surface area contributed by atoms with Crippen molar-refractivity contribution < 1.29 is 4.74 Å². The summed E-state index contributed by atoms with van der Waals surface area (Å²) in [4.78, 5) is 7.99. The summed E-state index contributed by atoms with van der Waals surface area (Å²) in [6.07, 6.45) is 3.94. The third kappa shape index (κ3) is 3.52. The molecule has 0 aliphatic carbocycles. The number of aromatic nitrogens is 2. The molecule has 1 aromatic rings. The summed E-state index contributed by atoms with van der Waals surface area (Å²) in [5.74, 6) is 0.665. The van der Waals surface area contributed by atoms with Crippen LogP contribution < -0.4 is 5.32 Å². The van der Waals surface area contributed by atoms with Crippen molar-refractivity contribution in [3.8, 4) is 6.07 Å². The Kier molecular flexibility index (Phi) is 4.51. The highest BCUT2D eigenvalue weighted by Crippen LogP contribution is 2.05. The summed E-state index contributed by atoms with van der Waals surface area (Å²) < 4.78 is 5.05. The molecule has 0 radical (unpaired) electrons. The summed E-state index contributed by atoms with van der Waals surface area (Å²) >= 11 is 0. The Hall–Kier alpha value is -1.67. The number of hydrogen-bond donors (Lipinski definition) is 1. The molecular weight excluding hydrogens is 192 g/mol. The zero-order chi connectivity index (χ0) is 11.1. The Bertz CT molecular complexity index is 330. The third-order valence-corrected chi connectivity index (χ3v) is 1.98. The number of nitrogens with one attached hydrogen (secondary N) is 1. The molecule has 1 rings (SSSR count). The van der Waals surface area contributed by atoms with E-state index in [2.05, 4.69) is 22.2 Å². The number of anilines is 1. The zero-order valence-electron chi connectivity index (χ0n) is 8.90. The van der Waals surface area contributed by atoms with Crippen LogP contribution in [-0.2, 0) is 4.74 Å². The lowest BCUT2D eigenvalue weighted by Crippen LogP contribution is -2.24. The van der Waals surface area contributed by atoms with Crippen LogP contribution >= 0.6 is 0 Å². The number of rotatable bonds is 5.